The van der Waals surface area contributed by atoms with E-state index in [4.69, 9.17) is 4.74 Å². The summed E-state index contributed by atoms with van der Waals surface area (Å²) in [7, 11) is 1.39. The summed E-state index contributed by atoms with van der Waals surface area (Å²) in [5.74, 6) is 0.243. The van der Waals surface area contributed by atoms with Crippen LogP contribution in [0.2, 0.25) is 0 Å². The number of methoxy groups -OCH3 is 1. The number of anilines is 1. The van der Waals surface area contributed by atoms with Gasteiger partial charge in [-0.15, -0.1) is 35.5 Å². The molecule has 1 N–H and O–H groups in total. The number of rotatable bonds is 7. The van der Waals surface area contributed by atoms with Crippen molar-refractivity contribution in [1.29, 1.82) is 0 Å². The van der Waals surface area contributed by atoms with Crippen LogP contribution >= 0.6 is 35.5 Å². The van der Waals surface area contributed by atoms with Crippen molar-refractivity contribution in [1.82, 2.24) is 4.90 Å². The molecule has 0 radical (unpaired) electrons. The van der Waals surface area contributed by atoms with Crippen LogP contribution in [0.1, 0.15) is 41.1 Å². The van der Waals surface area contributed by atoms with Gasteiger partial charge in [0.15, 0.2) is 0 Å². The lowest BCUT2D eigenvalue weighted by Gasteiger charge is -2.30. The Hall–Kier alpha value is -1.54. The average molecular weight is 455 g/mol. The molecule has 2 heterocycles. The Morgan fingerprint density at radius 2 is 2.00 bits per heavy atom. The molecule has 5 nitrogen and oxygen atoms in total. The van der Waals surface area contributed by atoms with Crippen molar-refractivity contribution >= 4 is 52.4 Å². The van der Waals surface area contributed by atoms with Crippen molar-refractivity contribution < 1.29 is 14.3 Å². The van der Waals surface area contributed by atoms with E-state index in [1.807, 2.05) is 30.3 Å². The lowest BCUT2D eigenvalue weighted by atomic mass is 10.0. The predicted molar refractivity (Wildman–Crippen MR) is 123 cm³/mol. The van der Waals surface area contributed by atoms with Gasteiger partial charge in [-0.3, -0.25) is 9.69 Å². The Morgan fingerprint density at radius 1 is 1.28 bits per heavy atom. The van der Waals surface area contributed by atoms with Crippen molar-refractivity contribution in [3.05, 3.63) is 46.3 Å². The zero-order valence-corrected chi connectivity index (χ0v) is 19.3. The molecule has 8 heteroatoms. The molecule has 1 aromatic carbocycles. The maximum Gasteiger partial charge on any atom is 0.341 e. The molecule has 0 atom stereocenters. The van der Waals surface area contributed by atoms with E-state index >= 15 is 0 Å². The molecule has 1 aliphatic heterocycles. The van der Waals surface area contributed by atoms with Crippen LogP contribution in [0.15, 0.2) is 35.2 Å². The molecule has 2 aromatic rings. The largest absolute Gasteiger partial charge is 0.465 e. The van der Waals surface area contributed by atoms with Gasteiger partial charge in [-0.2, -0.15) is 0 Å². The van der Waals surface area contributed by atoms with E-state index < -0.39 is 0 Å². The highest BCUT2D eigenvalue weighted by molar-refractivity contribution is 7.99. The van der Waals surface area contributed by atoms with Crippen molar-refractivity contribution in [3.8, 4) is 0 Å². The summed E-state index contributed by atoms with van der Waals surface area (Å²) < 4.78 is 4.99. The van der Waals surface area contributed by atoms with Gasteiger partial charge in [0, 0.05) is 41.1 Å². The zero-order valence-electron chi connectivity index (χ0n) is 16.9. The van der Waals surface area contributed by atoms with Crippen LogP contribution in [0.4, 0.5) is 5.00 Å². The van der Waals surface area contributed by atoms with Gasteiger partial charge in [-0.25, -0.2) is 4.79 Å². The predicted octanol–water partition coefficient (Wildman–Crippen LogP) is 4.84. The highest BCUT2D eigenvalue weighted by atomic mass is 35.5. The molecule has 0 bridgehead atoms. The molecule has 0 spiro atoms. The third kappa shape index (κ3) is 5.98. The molecule has 1 aromatic heterocycles. The summed E-state index contributed by atoms with van der Waals surface area (Å²) in [6.07, 6.45) is 1.19. The number of carbonyl (C=O) groups is 2. The Morgan fingerprint density at radius 3 is 2.66 bits per heavy atom. The van der Waals surface area contributed by atoms with Gasteiger partial charge in [0.05, 0.1) is 12.7 Å². The number of hydrogen-bond donors (Lipinski definition) is 1. The number of nitrogens with one attached hydrogen (secondary N) is 1. The Bertz CT molecular complexity index is 840. The summed E-state index contributed by atoms with van der Waals surface area (Å²) in [6.45, 7) is 6.06. The normalized spacial score (nSPS) is 13.5. The lowest BCUT2D eigenvalue weighted by molar-refractivity contribution is -0.115. The highest BCUT2D eigenvalue weighted by Gasteiger charge is 2.29. The summed E-state index contributed by atoms with van der Waals surface area (Å²) in [5, 5.41) is 3.58. The monoisotopic (exact) mass is 454 g/mol. The molecule has 1 aliphatic rings. The van der Waals surface area contributed by atoms with Gasteiger partial charge >= 0.3 is 5.97 Å². The number of fused-ring (bicyclic) bond motifs is 1. The second kappa shape index (κ2) is 11.0. The Kier molecular flexibility index (Phi) is 9.02. The number of nitrogens with zero attached hydrogens (tertiary/aromatic N) is 1. The molecule has 0 aliphatic carbocycles. The Balaban J connectivity index is 0.00000300. The average Bonchev–Trinajstić information content (AvgIpc) is 3.05. The molecule has 0 saturated carbocycles. The minimum atomic E-state index is -0.371. The first-order valence-corrected chi connectivity index (χ1v) is 11.2. The molecule has 29 heavy (non-hydrogen) atoms. The SMILES string of the molecule is COC(=O)c1c(NC(=O)CCSc2ccccc2)sc2c1CCN(C(C)C)C2.Cl. The number of halogens is 1. The first-order chi connectivity index (χ1) is 13.5. The van der Waals surface area contributed by atoms with Crippen LogP contribution in [0, 0.1) is 0 Å². The van der Waals surface area contributed by atoms with E-state index in [2.05, 4.69) is 24.1 Å². The highest BCUT2D eigenvalue weighted by Crippen LogP contribution is 2.38. The van der Waals surface area contributed by atoms with Crippen molar-refractivity contribution in [3.63, 3.8) is 0 Å². The molecule has 0 saturated heterocycles. The molecule has 0 unspecified atom stereocenters. The molecule has 3 rings (SSSR count). The second-order valence-corrected chi connectivity index (χ2v) is 9.25. The van der Waals surface area contributed by atoms with Gasteiger partial charge in [-0.05, 0) is 38.0 Å². The minimum absolute atomic E-state index is 0. The second-order valence-electron chi connectivity index (χ2n) is 6.97. The van der Waals surface area contributed by atoms with Crippen LogP contribution in [-0.2, 0) is 22.5 Å². The number of hydrogen-bond acceptors (Lipinski definition) is 6. The fourth-order valence-electron chi connectivity index (χ4n) is 3.24. The minimum Gasteiger partial charge on any atom is -0.465 e. The molecule has 1 amide bonds. The van der Waals surface area contributed by atoms with Crippen molar-refractivity contribution in [2.45, 2.75) is 44.2 Å². The first-order valence-electron chi connectivity index (χ1n) is 9.44. The number of amides is 1. The van der Waals surface area contributed by atoms with Gasteiger partial charge in [0.2, 0.25) is 5.91 Å². The molecular formula is C21H27ClN2O3S2. The van der Waals surface area contributed by atoms with Crippen LogP contribution in [-0.4, -0.2) is 42.2 Å². The number of esters is 1. The number of benzene rings is 1. The number of ether oxygens (including phenoxy) is 1. The maximum absolute atomic E-state index is 12.5. The van der Waals surface area contributed by atoms with Crippen LogP contribution in [0.25, 0.3) is 0 Å². The van der Waals surface area contributed by atoms with E-state index in [9.17, 15) is 9.59 Å². The van der Waals surface area contributed by atoms with Crippen molar-refractivity contribution in [2.24, 2.45) is 0 Å². The summed E-state index contributed by atoms with van der Waals surface area (Å²) in [6, 6.07) is 10.5. The Labute approximate surface area is 186 Å². The third-order valence-corrected chi connectivity index (χ3v) is 6.95. The van der Waals surface area contributed by atoms with E-state index in [1.54, 1.807) is 11.8 Å². The zero-order chi connectivity index (χ0) is 20.1. The quantitative estimate of drug-likeness (QED) is 0.479. The topological polar surface area (TPSA) is 58.6 Å². The summed E-state index contributed by atoms with van der Waals surface area (Å²) >= 11 is 3.15. The standard InChI is InChI=1S/C21H26N2O3S2.ClH/c1-14(2)23-11-9-16-17(13-23)28-20(19(16)21(25)26-3)22-18(24)10-12-27-15-7-5-4-6-8-15;/h4-8,14H,9-13H2,1-3H3,(H,22,24);1H. The smallest absolute Gasteiger partial charge is 0.341 e. The molecular weight excluding hydrogens is 428 g/mol. The van der Waals surface area contributed by atoms with Gasteiger partial charge in [-0.1, -0.05) is 18.2 Å². The number of thioether (sulfide) groups is 1. The summed E-state index contributed by atoms with van der Waals surface area (Å²) in [4.78, 5) is 29.5. The first kappa shape index (κ1) is 23.7. The summed E-state index contributed by atoms with van der Waals surface area (Å²) in [5.41, 5.74) is 1.57. The third-order valence-electron chi connectivity index (χ3n) is 4.80. The number of thiophene rings is 1. The molecule has 158 valence electrons. The van der Waals surface area contributed by atoms with Gasteiger partial charge in [0.25, 0.3) is 0 Å². The fraction of sp³-hybridized carbons (Fsp3) is 0.429. The number of carbonyl (C=O) groups excluding carboxylic acids is 2. The van der Waals surface area contributed by atoms with E-state index in [0.29, 0.717) is 28.8 Å². The van der Waals surface area contributed by atoms with Crippen LogP contribution < -0.4 is 5.32 Å². The maximum atomic E-state index is 12.5. The van der Waals surface area contributed by atoms with Crippen molar-refractivity contribution in [2.75, 3.05) is 24.7 Å². The lowest BCUT2D eigenvalue weighted by Crippen LogP contribution is -2.35. The van der Waals surface area contributed by atoms with E-state index in [0.717, 1.165) is 34.8 Å². The van der Waals surface area contributed by atoms with Gasteiger partial charge < -0.3 is 10.1 Å². The fourth-order valence-corrected chi connectivity index (χ4v) is 5.39. The van der Waals surface area contributed by atoms with E-state index in [-0.39, 0.29) is 24.3 Å². The van der Waals surface area contributed by atoms with E-state index in [1.165, 1.54) is 18.4 Å². The van der Waals surface area contributed by atoms with Crippen LogP contribution in [0.3, 0.4) is 0 Å². The molecule has 0 fully saturated rings. The van der Waals surface area contributed by atoms with Crippen LogP contribution in [0.5, 0.6) is 0 Å². The van der Waals surface area contributed by atoms with Gasteiger partial charge in [0.1, 0.15) is 5.00 Å².